The molecule has 1 aliphatic rings. The second-order valence-electron chi connectivity index (χ2n) is 4.09. The van der Waals surface area contributed by atoms with E-state index in [1.54, 1.807) is 18.2 Å². The molecule has 0 saturated carbocycles. The van der Waals surface area contributed by atoms with E-state index in [9.17, 15) is 19.1 Å². The first-order valence-corrected chi connectivity index (χ1v) is 5.55. The van der Waals surface area contributed by atoms with Crippen molar-refractivity contribution in [2.45, 2.75) is 6.54 Å². The van der Waals surface area contributed by atoms with Crippen molar-refractivity contribution in [2.24, 2.45) is 0 Å². The van der Waals surface area contributed by atoms with E-state index in [1.807, 2.05) is 0 Å². The zero-order chi connectivity index (χ0) is 13.1. The molecule has 1 aliphatic heterocycles. The van der Waals surface area contributed by atoms with Gasteiger partial charge in [-0.3, -0.25) is 0 Å². The van der Waals surface area contributed by atoms with E-state index < -0.39 is 18.5 Å². The standard InChI is InChI=1S/C12H13FN2O3/c13-10-4-2-1-3-9(10)7-14-5-6-15(12(14)18)8-11(16)17/h1-4H,5-8H2,(H,16,17)/p-1. The van der Waals surface area contributed by atoms with Gasteiger partial charge in [0.1, 0.15) is 5.82 Å². The van der Waals surface area contributed by atoms with Gasteiger partial charge in [0.2, 0.25) is 0 Å². The quantitative estimate of drug-likeness (QED) is 0.745. The Hall–Kier alpha value is -2.11. The highest BCUT2D eigenvalue weighted by molar-refractivity contribution is 5.81. The topological polar surface area (TPSA) is 63.7 Å². The fraction of sp³-hybridized carbons (Fsp3) is 0.333. The van der Waals surface area contributed by atoms with Gasteiger partial charge in [-0.25, -0.2) is 9.18 Å². The first-order chi connectivity index (χ1) is 8.58. The van der Waals surface area contributed by atoms with E-state index in [2.05, 4.69) is 0 Å². The number of nitrogens with zero attached hydrogens (tertiary/aromatic N) is 2. The molecule has 1 saturated heterocycles. The first-order valence-electron chi connectivity index (χ1n) is 5.55. The lowest BCUT2D eigenvalue weighted by atomic mass is 10.2. The number of hydrogen-bond acceptors (Lipinski definition) is 3. The summed E-state index contributed by atoms with van der Waals surface area (Å²) in [6.07, 6.45) is 0. The van der Waals surface area contributed by atoms with Crippen LogP contribution >= 0.6 is 0 Å². The van der Waals surface area contributed by atoms with Crippen molar-refractivity contribution in [1.29, 1.82) is 0 Å². The summed E-state index contributed by atoms with van der Waals surface area (Å²) in [6, 6.07) is 5.80. The van der Waals surface area contributed by atoms with Crippen molar-refractivity contribution in [3.8, 4) is 0 Å². The molecular weight excluding hydrogens is 239 g/mol. The van der Waals surface area contributed by atoms with E-state index in [0.29, 0.717) is 18.7 Å². The highest BCUT2D eigenvalue weighted by Crippen LogP contribution is 2.15. The average Bonchev–Trinajstić information content (AvgIpc) is 2.64. The van der Waals surface area contributed by atoms with Crippen LogP contribution in [0.15, 0.2) is 24.3 Å². The number of amides is 2. The summed E-state index contributed by atoms with van der Waals surface area (Å²) in [6.45, 7) is 0.434. The molecule has 96 valence electrons. The molecule has 0 spiro atoms. The van der Waals surface area contributed by atoms with Crippen molar-refractivity contribution < 1.29 is 19.1 Å². The maximum atomic E-state index is 13.4. The number of aliphatic carboxylic acids is 1. The molecule has 2 rings (SSSR count). The third-order valence-electron chi connectivity index (χ3n) is 2.82. The molecule has 1 heterocycles. The lowest BCUT2D eigenvalue weighted by Gasteiger charge is -2.19. The number of urea groups is 1. The summed E-state index contributed by atoms with van der Waals surface area (Å²) < 4.78 is 13.4. The van der Waals surface area contributed by atoms with Crippen LogP contribution in [0.1, 0.15) is 5.56 Å². The fourth-order valence-electron chi connectivity index (χ4n) is 1.91. The molecule has 0 aromatic heterocycles. The summed E-state index contributed by atoms with van der Waals surface area (Å²) >= 11 is 0. The van der Waals surface area contributed by atoms with Gasteiger partial charge in [-0.15, -0.1) is 0 Å². The molecule has 0 unspecified atom stereocenters. The zero-order valence-corrected chi connectivity index (χ0v) is 9.63. The predicted octanol–water partition coefficient (Wildman–Crippen LogP) is -0.187. The van der Waals surface area contributed by atoms with Crippen LogP contribution in [0.5, 0.6) is 0 Å². The number of benzene rings is 1. The van der Waals surface area contributed by atoms with Crippen molar-refractivity contribution in [3.05, 3.63) is 35.6 Å². The summed E-state index contributed by atoms with van der Waals surface area (Å²) in [5, 5.41) is 10.4. The van der Waals surface area contributed by atoms with Crippen LogP contribution in [0.25, 0.3) is 0 Å². The Morgan fingerprint density at radius 3 is 2.61 bits per heavy atom. The third-order valence-corrected chi connectivity index (χ3v) is 2.82. The molecule has 6 heteroatoms. The predicted molar refractivity (Wildman–Crippen MR) is 58.8 cm³/mol. The van der Waals surface area contributed by atoms with Gasteiger partial charge in [-0.05, 0) is 6.07 Å². The van der Waals surface area contributed by atoms with Crippen LogP contribution in [-0.4, -0.2) is 41.4 Å². The van der Waals surface area contributed by atoms with Crippen LogP contribution in [0.2, 0.25) is 0 Å². The maximum absolute atomic E-state index is 13.4. The molecule has 1 aromatic carbocycles. The number of carboxylic acid groups (broad SMARTS) is 1. The Labute approximate surface area is 103 Å². The van der Waals surface area contributed by atoms with E-state index in [0.717, 1.165) is 0 Å². The molecule has 18 heavy (non-hydrogen) atoms. The van der Waals surface area contributed by atoms with Gasteiger partial charge < -0.3 is 19.7 Å². The van der Waals surface area contributed by atoms with E-state index in [4.69, 9.17) is 0 Å². The molecule has 5 nitrogen and oxygen atoms in total. The lowest BCUT2D eigenvalue weighted by Crippen LogP contribution is -2.40. The molecule has 0 N–H and O–H groups in total. The Morgan fingerprint density at radius 1 is 1.28 bits per heavy atom. The highest BCUT2D eigenvalue weighted by atomic mass is 19.1. The van der Waals surface area contributed by atoms with Gasteiger partial charge in [-0.2, -0.15) is 0 Å². The van der Waals surface area contributed by atoms with Gasteiger partial charge in [0, 0.05) is 18.7 Å². The Morgan fingerprint density at radius 2 is 1.94 bits per heavy atom. The van der Waals surface area contributed by atoms with Crippen LogP contribution in [-0.2, 0) is 11.3 Å². The zero-order valence-electron chi connectivity index (χ0n) is 9.63. The monoisotopic (exact) mass is 251 g/mol. The maximum Gasteiger partial charge on any atom is 0.320 e. The fourth-order valence-corrected chi connectivity index (χ4v) is 1.91. The number of hydrogen-bond donors (Lipinski definition) is 0. The highest BCUT2D eigenvalue weighted by Gasteiger charge is 2.28. The molecule has 0 bridgehead atoms. The Bertz CT molecular complexity index is 478. The Balaban J connectivity index is 2.02. The van der Waals surface area contributed by atoms with Crippen LogP contribution in [0, 0.1) is 5.82 Å². The molecule has 0 atom stereocenters. The third kappa shape index (κ3) is 2.58. The smallest absolute Gasteiger partial charge is 0.320 e. The summed E-state index contributed by atoms with van der Waals surface area (Å²) in [7, 11) is 0. The molecular formula is C12H12FN2O3-. The minimum Gasteiger partial charge on any atom is -0.548 e. The van der Waals surface area contributed by atoms with Crippen molar-refractivity contribution in [1.82, 2.24) is 9.80 Å². The van der Waals surface area contributed by atoms with Crippen LogP contribution in [0.4, 0.5) is 9.18 Å². The lowest BCUT2D eigenvalue weighted by molar-refractivity contribution is -0.305. The molecule has 0 radical (unpaired) electrons. The molecule has 1 fully saturated rings. The van der Waals surface area contributed by atoms with Gasteiger partial charge in [0.05, 0.1) is 19.1 Å². The largest absolute Gasteiger partial charge is 0.548 e. The first kappa shape index (κ1) is 12.3. The number of rotatable bonds is 4. The van der Waals surface area contributed by atoms with Crippen molar-refractivity contribution >= 4 is 12.0 Å². The minimum absolute atomic E-state index is 0.148. The van der Waals surface area contributed by atoms with Gasteiger partial charge in [0.15, 0.2) is 0 Å². The second kappa shape index (κ2) is 5.03. The molecule has 0 aliphatic carbocycles. The van der Waals surface area contributed by atoms with Crippen molar-refractivity contribution in [2.75, 3.05) is 19.6 Å². The molecule has 1 aromatic rings. The average molecular weight is 251 g/mol. The molecule has 2 amide bonds. The number of carbonyl (C=O) groups is 2. The van der Waals surface area contributed by atoms with Gasteiger partial charge >= 0.3 is 6.03 Å². The van der Waals surface area contributed by atoms with E-state index in [-0.39, 0.29) is 12.4 Å². The number of halogens is 1. The van der Waals surface area contributed by atoms with E-state index in [1.165, 1.54) is 15.9 Å². The van der Waals surface area contributed by atoms with Gasteiger partial charge in [0.25, 0.3) is 0 Å². The summed E-state index contributed by atoms with van der Waals surface area (Å²) in [5.74, 6) is -1.67. The van der Waals surface area contributed by atoms with Crippen LogP contribution < -0.4 is 5.11 Å². The second-order valence-corrected chi connectivity index (χ2v) is 4.09. The number of carboxylic acids is 1. The Kier molecular flexibility index (Phi) is 3.45. The number of carbonyl (C=O) groups excluding carboxylic acids is 2. The minimum atomic E-state index is -1.30. The van der Waals surface area contributed by atoms with Crippen LogP contribution in [0.3, 0.4) is 0 Å². The summed E-state index contributed by atoms with van der Waals surface area (Å²) in [4.78, 5) is 24.8. The normalized spacial score (nSPS) is 15.3. The van der Waals surface area contributed by atoms with E-state index >= 15 is 0 Å². The van der Waals surface area contributed by atoms with Gasteiger partial charge in [-0.1, -0.05) is 18.2 Å². The summed E-state index contributed by atoms with van der Waals surface area (Å²) in [5.41, 5.74) is 0.418. The van der Waals surface area contributed by atoms with Crippen molar-refractivity contribution in [3.63, 3.8) is 0 Å². The SMILES string of the molecule is O=C([O-])CN1CCN(Cc2ccccc2F)C1=O.